The minimum Gasteiger partial charge on any atom is -0.464 e. The van der Waals surface area contributed by atoms with E-state index in [1.54, 1.807) is 6.07 Å². The second-order valence-corrected chi connectivity index (χ2v) is 7.50. The average molecular weight is 381 g/mol. The summed E-state index contributed by atoms with van der Waals surface area (Å²) < 4.78 is 12.1. The first kappa shape index (κ1) is 20.1. The third-order valence-electron chi connectivity index (χ3n) is 3.88. The van der Waals surface area contributed by atoms with Crippen molar-refractivity contribution in [1.29, 1.82) is 0 Å². The van der Waals surface area contributed by atoms with Gasteiger partial charge in [0, 0.05) is 29.0 Å². The highest BCUT2D eigenvalue weighted by Gasteiger charge is 2.21. The number of nitrogens with one attached hydrogen (secondary N) is 1. The molecule has 0 aliphatic carbocycles. The van der Waals surface area contributed by atoms with E-state index >= 15 is 0 Å². The molecule has 0 fully saturated rings. The number of amides is 1. The van der Waals surface area contributed by atoms with Crippen LogP contribution in [0.25, 0.3) is 10.9 Å². The molecule has 1 aromatic carbocycles. The third kappa shape index (κ3) is 4.69. The van der Waals surface area contributed by atoms with Gasteiger partial charge in [0.05, 0.1) is 7.11 Å². The number of methoxy groups -OCH3 is 1. The molecule has 0 saturated carbocycles. The minimum absolute atomic E-state index is 0.394. The van der Waals surface area contributed by atoms with E-state index in [-0.39, 0.29) is 0 Å². The number of benzene rings is 1. The molecule has 2 rings (SSSR count). The van der Waals surface area contributed by atoms with Crippen LogP contribution >= 0.6 is 11.6 Å². The molecule has 0 bridgehead atoms. The van der Waals surface area contributed by atoms with Crippen molar-refractivity contribution >= 4 is 34.6 Å². The fraction of sp³-hybridized carbons (Fsp3) is 0.474. The lowest BCUT2D eigenvalue weighted by molar-refractivity contribution is 0.0523. The van der Waals surface area contributed by atoms with Crippen LogP contribution in [-0.4, -0.2) is 35.9 Å². The van der Waals surface area contributed by atoms with E-state index in [4.69, 9.17) is 21.1 Å². The van der Waals surface area contributed by atoms with Crippen LogP contribution in [-0.2, 0) is 16.0 Å². The van der Waals surface area contributed by atoms with Crippen molar-refractivity contribution in [3.8, 4) is 0 Å². The van der Waals surface area contributed by atoms with Crippen LogP contribution in [0, 0.1) is 6.92 Å². The zero-order valence-electron chi connectivity index (χ0n) is 15.8. The number of carbonyl (C=O) groups excluding carboxylic acids is 2. The number of ether oxygens (including phenoxy) is 2. The number of fused-ring (bicyclic) bond motifs is 1. The maximum atomic E-state index is 12.2. The molecule has 26 heavy (non-hydrogen) atoms. The first-order valence-electron chi connectivity index (χ1n) is 8.47. The fourth-order valence-corrected chi connectivity index (χ4v) is 3.00. The fourth-order valence-electron chi connectivity index (χ4n) is 2.83. The van der Waals surface area contributed by atoms with Crippen molar-refractivity contribution in [2.75, 3.05) is 13.7 Å². The van der Waals surface area contributed by atoms with Crippen LogP contribution in [0.1, 0.15) is 43.2 Å². The number of aryl methyl sites for hydroxylation is 2. The Morgan fingerprint density at radius 1 is 1.27 bits per heavy atom. The van der Waals surface area contributed by atoms with Gasteiger partial charge in [-0.15, -0.1) is 0 Å². The second kappa shape index (κ2) is 7.99. The van der Waals surface area contributed by atoms with Gasteiger partial charge in [0.15, 0.2) is 0 Å². The molecule has 1 amide bonds. The van der Waals surface area contributed by atoms with Crippen LogP contribution in [0.15, 0.2) is 18.2 Å². The van der Waals surface area contributed by atoms with Crippen LogP contribution in [0.4, 0.5) is 4.79 Å². The van der Waals surface area contributed by atoms with Gasteiger partial charge in [-0.05, 0) is 57.9 Å². The Morgan fingerprint density at radius 3 is 2.58 bits per heavy atom. The zero-order valence-corrected chi connectivity index (χ0v) is 16.6. The summed E-state index contributed by atoms with van der Waals surface area (Å²) >= 11 is 6.09. The first-order chi connectivity index (χ1) is 12.1. The molecule has 6 nitrogen and oxygen atoms in total. The minimum atomic E-state index is -0.533. The van der Waals surface area contributed by atoms with Gasteiger partial charge in [-0.25, -0.2) is 9.59 Å². The molecule has 0 spiro atoms. The van der Waals surface area contributed by atoms with Gasteiger partial charge < -0.3 is 19.4 Å². The van der Waals surface area contributed by atoms with Crippen molar-refractivity contribution in [3.05, 3.63) is 34.5 Å². The first-order valence-corrected chi connectivity index (χ1v) is 8.85. The van der Waals surface area contributed by atoms with Crippen LogP contribution in [0.3, 0.4) is 0 Å². The molecular formula is C19H25ClN2O4. The van der Waals surface area contributed by atoms with Crippen LogP contribution < -0.4 is 5.32 Å². The summed E-state index contributed by atoms with van der Waals surface area (Å²) in [6, 6.07) is 5.52. The van der Waals surface area contributed by atoms with Crippen molar-refractivity contribution in [1.82, 2.24) is 9.88 Å². The Bertz CT molecular complexity index is 821. The summed E-state index contributed by atoms with van der Waals surface area (Å²) in [5.74, 6) is -0.394. The number of alkyl carbamates (subject to hydrolysis) is 1. The van der Waals surface area contributed by atoms with Crippen molar-refractivity contribution < 1.29 is 19.1 Å². The molecule has 142 valence electrons. The summed E-state index contributed by atoms with van der Waals surface area (Å²) in [5, 5.41) is 4.25. The van der Waals surface area contributed by atoms with Gasteiger partial charge in [0.25, 0.3) is 0 Å². The normalized spacial score (nSPS) is 11.5. The SMILES string of the molecule is COC(=O)c1c(C)c2cc(Cl)ccc2n1CCCNC(=O)OC(C)(C)C. The monoisotopic (exact) mass is 380 g/mol. The molecule has 0 aliphatic rings. The lowest BCUT2D eigenvalue weighted by Gasteiger charge is -2.19. The molecule has 0 aliphatic heterocycles. The molecule has 0 radical (unpaired) electrons. The summed E-state index contributed by atoms with van der Waals surface area (Å²) in [6.07, 6.45) is 0.181. The molecule has 7 heteroatoms. The maximum Gasteiger partial charge on any atom is 0.407 e. The number of aromatic nitrogens is 1. The number of esters is 1. The van der Waals surface area contributed by atoms with Gasteiger partial charge in [-0.2, -0.15) is 0 Å². The molecule has 1 N–H and O–H groups in total. The van der Waals surface area contributed by atoms with Gasteiger partial charge in [-0.3, -0.25) is 0 Å². The van der Waals surface area contributed by atoms with Crippen molar-refractivity contribution in [2.45, 2.75) is 46.3 Å². The molecular weight excluding hydrogens is 356 g/mol. The van der Waals surface area contributed by atoms with Gasteiger partial charge >= 0.3 is 12.1 Å². The van der Waals surface area contributed by atoms with Crippen molar-refractivity contribution in [3.63, 3.8) is 0 Å². The number of hydrogen-bond donors (Lipinski definition) is 1. The lowest BCUT2D eigenvalue weighted by Crippen LogP contribution is -2.33. The number of nitrogens with zero attached hydrogens (tertiary/aromatic N) is 1. The van der Waals surface area contributed by atoms with Gasteiger partial charge in [0.2, 0.25) is 0 Å². The Hall–Kier alpha value is -2.21. The van der Waals surface area contributed by atoms with E-state index in [2.05, 4.69) is 5.32 Å². The number of carbonyl (C=O) groups is 2. The predicted octanol–water partition coefficient (Wildman–Crippen LogP) is 4.30. The van der Waals surface area contributed by atoms with E-state index in [0.717, 1.165) is 16.5 Å². The number of hydrogen-bond acceptors (Lipinski definition) is 4. The van der Waals surface area contributed by atoms with E-state index in [9.17, 15) is 9.59 Å². The summed E-state index contributed by atoms with van der Waals surface area (Å²) in [5.41, 5.74) is 1.70. The van der Waals surface area contributed by atoms with E-state index in [1.807, 2.05) is 44.4 Å². The molecule has 2 aromatic rings. The third-order valence-corrected chi connectivity index (χ3v) is 4.12. The largest absolute Gasteiger partial charge is 0.464 e. The smallest absolute Gasteiger partial charge is 0.407 e. The molecule has 0 saturated heterocycles. The summed E-state index contributed by atoms with van der Waals surface area (Å²) in [6.45, 7) is 8.30. The topological polar surface area (TPSA) is 69.6 Å². The molecule has 1 heterocycles. The van der Waals surface area contributed by atoms with Gasteiger partial charge in [-0.1, -0.05) is 11.6 Å². The van der Waals surface area contributed by atoms with E-state index < -0.39 is 17.7 Å². The molecule has 1 aromatic heterocycles. The maximum absolute atomic E-state index is 12.2. The van der Waals surface area contributed by atoms with E-state index in [0.29, 0.717) is 30.2 Å². The van der Waals surface area contributed by atoms with Gasteiger partial charge in [0.1, 0.15) is 11.3 Å². The van der Waals surface area contributed by atoms with Crippen LogP contribution in [0.5, 0.6) is 0 Å². The summed E-state index contributed by atoms with van der Waals surface area (Å²) in [7, 11) is 1.36. The van der Waals surface area contributed by atoms with Crippen LogP contribution in [0.2, 0.25) is 5.02 Å². The Morgan fingerprint density at radius 2 is 1.96 bits per heavy atom. The average Bonchev–Trinajstić information content (AvgIpc) is 2.81. The van der Waals surface area contributed by atoms with E-state index in [1.165, 1.54) is 7.11 Å². The second-order valence-electron chi connectivity index (χ2n) is 7.06. The predicted molar refractivity (Wildman–Crippen MR) is 102 cm³/mol. The molecule has 0 unspecified atom stereocenters. The Balaban J connectivity index is 2.16. The van der Waals surface area contributed by atoms with Crippen molar-refractivity contribution in [2.24, 2.45) is 0 Å². The number of halogens is 1. The highest BCUT2D eigenvalue weighted by molar-refractivity contribution is 6.31. The number of rotatable bonds is 5. The zero-order chi connectivity index (χ0) is 19.5. The highest BCUT2D eigenvalue weighted by atomic mass is 35.5. The standard InChI is InChI=1S/C19H25ClN2O4/c1-12-14-11-13(20)7-8-15(14)22(16(12)17(23)25-5)10-6-9-21-18(24)26-19(2,3)4/h7-8,11H,6,9-10H2,1-5H3,(H,21,24). The summed E-state index contributed by atoms with van der Waals surface area (Å²) in [4.78, 5) is 24.0. The quantitative estimate of drug-likeness (QED) is 0.620. The Kier molecular flexibility index (Phi) is 6.18. The Labute approximate surface area is 158 Å². The highest BCUT2D eigenvalue weighted by Crippen LogP contribution is 2.29. The molecule has 0 atom stereocenters. The lowest BCUT2D eigenvalue weighted by atomic mass is 10.1.